The maximum Gasteiger partial charge on any atom is 0.259 e. The number of benzene rings is 2. The van der Waals surface area contributed by atoms with Crippen molar-refractivity contribution in [1.82, 2.24) is 5.43 Å². The summed E-state index contributed by atoms with van der Waals surface area (Å²) >= 11 is 0. The van der Waals surface area contributed by atoms with Crippen LogP contribution in [0.5, 0.6) is 11.5 Å². The van der Waals surface area contributed by atoms with Crippen LogP contribution in [-0.4, -0.2) is 32.4 Å². The number of nitrogens with one attached hydrogen (secondary N) is 2. The molecule has 0 bridgehead atoms. The van der Waals surface area contributed by atoms with E-state index >= 15 is 0 Å². The Morgan fingerprint density at radius 3 is 2.60 bits per heavy atom. The molecule has 0 heterocycles. The molecule has 0 unspecified atom stereocenters. The second-order valence-corrected chi connectivity index (χ2v) is 5.52. The van der Waals surface area contributed by atoms with Gasteiger partial charge in [-0.1, -0.05) is 12.1 Å². The van der Waals surface area contributed by atoms with Gasteiger partial charge in [0.05, 0.1) is 26.5 Å². The van der Waals surface area contributed by atoms with Crippen molar-refractivity contribution in [1.29, 1.82) is 0 Å². The number of ether oxygens (including phenoxy) is 2. The van der Waals surface area contributed by atoms with Crippen molar-refractivity contribution in [3.8, 4) is 11.5 Å². The average molecular weight is 341 g/mol. The Hall–Kier alpha value is -3.02. The molecule has 25 heavy (non-hydrogen) atoms. The smallest absolute Gasteiger partial charge is 0.259 e. The quantitative estimate of drug-likeness (QED) is 0.600. The number of aryl methyl sites for hydroxylation is 1. The van der Waals surface area contributed by atoms with E-state index in [1.165, 1.54) is 0 Å². The largest absolute Gasteiger partial charge is 0.497 e. The predicted molar refractivity (Wildman–Crippen MR) is 99.6 cm³/mol. The van der Waals surface area contributed by atoms with Gasteiger partial charge in [0.15, 0.2) is 0 Å². The zero-order chi connectivity index (χ0) is 18.2. The van der Waals surface area contributed by atoms with Gasteiger partial charge in [-0.2, -0.15) is 5.10 Å². The van der Waals surface area contributed by atoms with Crippen molar-refractivity contribution in [2.45, 2.75) is 13.8 Å². The van der Waals surface area contributed by atoms with Crippen molar-refractivity contribution in [2.24, 2.45) is 5.10 Å². The number of hydrogen-bond donors (Lipinski definition) is 2. The fraction of sp³-hybridized carbons (Fsp3) is 0.263. The number of anilines is 1. The van der Waals surface area contributed by atoms with E-state index in [4.69, 9.17) is 9.47 Å². The van der Waals surface area contributed by atoms with Gasteiger partial charge in [0.2, 0.25) is 0 Å². The van der Waals surface area contributed by atoms with Gasteiger partial charge in [-0.3, -0.25) is 4.79 Å². The number of amides is 1. The Morgan fingerprint density at radius 2 is 1.92 bits per heavy atom. The number of methoxy groups -OCH3 is 2. The van der Waals surface area contributed by atoms with Gasteiger partial charge in [-0.25, -0.2) is 5.43 Å². The highest BCUT2D eigenvalue weighted by atomic mass is 16.5. The van der Waals surface area contributed by atoms with Crippen molar-refractivity contribution in [3.05, 3.63) is 53.6 Å². The minimum atomic E-state index is -0.228. The number of carbonyl (C=O) groups is 1. The molecule has 0 aromatic heterocycles. The molecule has 2 aromatic rings. The summed E-state index contributed by atoms with van der Waals surface area (Å²) in [7, 11) is 3.17. The van der Waals surface area contributed by atoms with Gasteiger partial charge < -0.3 is 14.8 Å². The van der Waals surface area contributed by atoms with Crippen LogP contribution in [0, 0.1) is 6.92 Å². The van der Waals surface area contributed by atoms with Gasteiger partial charge in [-0.05, 0) is 43.7 Å². The molecule has 0 aliphatic heterocycles. The Bertz CT molecular complexity index is 772. The molecule has 1 amide bonds. The Balaban J connectivity index is 1.97. The van der Waals surface area contributed by atoms with Crippen LogP contribution in [0.25, 0.3) is 0 Å². The third-order valence-corrected chi connectivity index (χ3v) is 3.62. The summed E-state index contributed by atoms with van der Waals surface area (Å²) in [4.78, 5) is 12.0. The van der Waals surface area contributed by atoms with Crippen LogP contribution in [0.15, 0.2) is 47.6 Å². The second-order valence-electron chi connectivity index (χ2n) is 5.52. The molecule has 0 aliphatic carbocycles. The summed E-state index contributed by atoms with van der Waals surface area (Å²) in [5.41, 5.74) is 6.00. The normalized spacial score (nSPS) is 11.0. The molecule has 6 heteroatoms. The molecule has 132 valence electrons. The Kier molecular flexibility index (Phi) is 6.39. The van der Waals surface area contributed by atoms with E-state index in [1.54, 1.807) is 27.2 Å². The van der Waals surface area contributed by atoms with Crippen LogP contribution >= 0.6 is 0 Å². The van der Waals surface area contributed by atoms with Crippen LogP contribution in [-0.2, 0) is 4.79 Å². The van der Waals surface area contributed by atoms with Gasteiger partial charge in [0.25, 0.3) is 5.91 Å². The Labute approximate surface area is 147 Å². The van der Waals surface area contributed by atoms with Crippen LogP contribution in [0.3, 0.4) is 0 Å². The van der Waals surface area contributed by atoms with Crippen molar-refractivity contribution >= 4 is 17.3 Å². The fourth-order valence-corrected chi connectivity index (χ4v) is 2.28. The number of hydrogen-bond acceptors (Lipinski definition) is 5. The molecule has 0 saturated carbocycles. The molecule has 0 aliphatic rings. The first-order valence-corrected chi connectivity index (χ1v) is 7.89. The fourth-order valence-electron chi connectivity index (χ4n) is 2.28. The monoisotopic (exact) mass is 341 g/mol. The van der Waals surface area contributed by atoms with E-state index in [-0.39, 0.29) is 12.5 Å². The van der Waals surface area contributed by atoms with Crippen LogP contribution < -0.4 is 20.2 Å². The van der Waals surface area contributed by atoms with Gasteiger partial charge in [0.1, 0.15) is 11.5 Å². The van der Waals surface area contributed by atoms with Gasteiger partial charge in [0, 0.05) is 17.3 Å². The molecule has 6 nitrogen and oxygen atoms in total. The highest BCUT2D eigenvalue weighted by molar-refractivity contribution is 6.01. The first kappa shape index (κ1) is 18.3. The molecular weight excluding hydrogens is 318 g/mol. The first-order valence-electron chi connectivity index (χ1n) is 7.89. The lowest BCUT2D eigenvalue weighted by Gasteiger charge is -2.10. The number of hydrazone groups is 1. The third-order valence-electron chi connectivity index (χ3n) is 3.62. The van der Waals surface area contributed by atoms with Gasteiger partial charge >= 0.3 is 0 Å². The number of carbonyl (C=O) groups excluding carboxylic acids is 1. The van der Waals surface area contributed by atoms with Crippen LogP contribution in [0.1, 0.15) is 18.1 Å². The van der Waals surface area contributed by atoms with E-state index in [1.807, 2.05) is 43.3 Å². The summed E-state index contributed by atoms with van der Waals surface area (Å²) in [6.45, 7) is 3.94. The highest BCUT2D eigenvalue weighted by Crippen LogP contribution is 2.25. The van der Waals surface area contributed by atoms with Crippen molar-refractivity contribution in [3.63, 3.8) is 0 Å². The predicted octanol–water partition coefficient (Wildman–Crippen LogP) is 2.96. The minimum Gasteiger partial charge on any atom is -0.497 e. The van der Waals surface area contributed by atoms with Crippen molar-refractivity contribution in [2.75, 3.05) is 26.1 Å². The van der Waals surface area contributed by atoms with Crippen molar-refractivity contribution < 1.29 is 14.3 Å². The Morgan fingerprint density at radius 1 is 1.12 bits per heavy atom. The first-order chi connectivity index (χ1) is 12.0. The molecule has 0 saturated heterocycles. The highest BCUT2D eigenvalue weighted by Gasteiger charge is 2.09. The maximum absolute atomic E-state index is 12.0. The summed E-state index contributed by atoms with van der Waals surface area (Å²) in [6, 6.07) is 13.3. The van der Waals surface area contributed by atoms with E-state index in [0.29, 0.717) is 17.2 Å². The summed E-state index contributed by atoms with van der Waals surface area (Å²) in [5, 5.41) is 7.21. The lowest BCUT2D eigenvalue weighted by molar-refractivity contribution is -0.119. The lowest BCUT2D eigenvalue weighted by Crippen LogP contribution is -2.26. The minimum absolute atomic E-state index is 0.139. The second kappa shape index (κ2) is 8.73. The molecule has 0 spiro atoms. The topological polar surface area (TPSA) is 72.0 Å². The van der Waals surface area contributed by atoms with E-state index in [2.05, 4.69) is 15.8 Å². The molecular formula is C19H23N3O3. The molecule has 0 radical (unpaired) electrons. The number of rotatable bonds is 7. The molecule has 2 N–H and O–H groups in total. The van der Waals surface area contributed by atoms with Gasteiger partial charge in [-0.15, -0.1) is 0 Å². The standard InChI is InChI=1S/C19H23N3O3/c1-13-6-5-7-15(10-13)20-12-19(23)22-21-14(2)17-9-8-16(24-3)11-18(17)25-4/h5-11,20H,12H2,1-4H3,(H,22,23)/b21-14+. The average Bonchev–Trinajstić information content (AvgIpc) is 2.63. The summed E-state index contributed by atoms with van der Waals surface area (Å²) in [6.07, 6.45) is 0. The third kappa shape index (κ3) is 5.24. The summed E-state index contributed by atoms with van der Waals surface area (Å²) in [5.74, 6) is 1.10. The van der Waals surface area contributed by atoms with Crippen LogP contribution in [0.2, 0.25) is 0 Å². The maximum atomic E-state index is 12.0. The molecule has 2 rings (SSSR count). The molecule has 2 aromatic carbocycles. The lowest BCUT2D eigenvalue weighted by atomic mass is 10.1. The SMILES string of the molecule is COc1ccc(/C(C)=N/NC(=O)CNc2cccc(C)c2)c(OC)c1. The van der Waals surface area contributed by atoms with E-state index in [0.717, 1.165) is 16.8 Å². The number of nitrogens with zero attached hydrogens (tertiary/aromatic N) is 1. The molecule has 0 fully saturated rings. The van der Waals surface area contributed by atoms with E-state index in [9.17, 15) is 4.79 Å². The zero-order valence-electron chi connectivity index (χ0n) is 14.9. The summed E-state index contributed by atoms with van der Waals surface area (Å²) < 4.78 is 10.5. The molecule has 0 atom stereocenters. The zero-order valence-corrected chi connectivity index (χ0v) is 14.9. The van der Waals surface area contributed by atoms with E-state index < -0.39 is 0 Å². The van der Waals surface area contributed by atoms with Crippen LogP contribution in [0.4, 0.5) is 5.69 Å².